The molecule has 1 fully saturated rings. The average molecular weight is 301 g/mol. The number of thioether (sulfide) groups is 1. The molecular formula is C12H19N3O2S2. The van der Waals surface area contributed by atoms with Gasteiger partial charge in [0.1, 0.15) is 4.90 Å². The summed E-state index contributed by atoms with van der Waals surface area (Å²) in [6.07, 6.45) is 2.22. The fraction of sp³-hybridized carbons (Fsp3) is 0.500. The van der Waals surface area contributed by atoms with E-state index in [1.165, 1.54) is 18.9 Å². The maximum atomic E-state index is 12.0. The minimum absolute atomic E-state index is 0.213. The Morgan fingerprint density at radius 2 is 2.21 bits per heavy atom. The molecule has 7 heteroatoms. The fourth-order valence-electron chi connectivity index (χ4n) is 2.06. The predicted molar refractivity (Wildman–Crippen MR) is 81.1 cm³/mol. The third-order valence-corrected chi connectivity index (χ3v) is 5.75. The molecule has 2 rings (SSSR count). The zero-order valence-corrected chi connectivity index (χ0v) is 12.5. The first-order valence-corrected chi connectivity index (χ1v) is 8.84. The standard InChI is InChI=1S/C12H19N3O2S2/c1-14-19(16,17)12-7-9(13)4-5-11(12)15-10-3-2-6-18-8-10/h4-5,7,10,14-15H,2-3,6,8,13H2,1H3. The molecule has 1 aliphatic heterocycles. The van der Waals surface area contributed by atoms with Gasteiger partial charge < -0.3 is 11.1 Å². The summed E-state index contributed by atoms with van der Waals surface area (Å²) in [4.78, 5) is 0.213. The van der Waals surface area contributed by atoms with Gasteiger partial charge in [-0.25, -0.2) is 13.1 Å². The van der Waals surface area contributed by atoms with Crippen LogP contribution in [0.4, 0.5) is 11.4 Å². The number of nitrogens with one attached hydrogen (secondary N) is 2. The van der Waals surface area contributed by atoms with E-state index in [-0.39, 0.29) is 4.90 Å². The van der Waals surface area contributed by atoms with Crippen LogP contribution in [0.25, 0.3) is 0 Å². The van der Waals surface area contributed by atoms with Gasteiger partial charge in [-0.1, -0.05) is 0 Å². The van der Waals surface area contributed by atoms with E-state index in [1.54, 1.807) is 12.1 Å². The van der Waals surface area contributed by atoms with Crippen molar-refractivity contribution < 1.29 is 8.42 Å². The summed E-state index contributed by atoms with van der Waals surface area (Å²) in [6.45, 7) is 0. The van der Waals surface area contributed by atoms with Crippen molar-refractivity contribution in [3.63, 3.8) is 0 Å². The van der Waals surface area contributed by atoms with E-state index < -0.39 is 10.0 Å². The Balaban J connectivity index is 2.29. The molecule has 5 nitrogen and oxygen atoms in total. The number of rotatable bonds is 4. The van der Waals surface area contributed by atoms with Gasteiger partial charge in [-0.05, 0) is 43.8 Å². The number of sulfonamides is 1. The van der Waals surface area contributed by atoms with Crippen molar-refractivity contribution in [2.45, 2.75) is 23.8 Å². The summed E-state index contributed by atoms with van der Waals surface area (Å²) in [6, 6.07) is 5.25. The molecule has 1 heterocycles. The Hall–Kier alpha value is -0.920. The first kappa shape index (κ1) is 14.5. The van der Waals surface area contributed by atoms with Crippen molar-refractivity contribution in [3.05, 3.63) is 18.2 Å². The molecule has 0 spiro atoms. The molecule has 0 saturated carbocycles. The molecule has 4 N–H and O–H groups in total. The lowest BCUT2D eigenvalue weighted by atomic mass is 10.1. The normalized spacial score (nSPS) is 20.2. The first-order chi connectivity index (χ1) is 9.03. The number of hydrogen-bond acceptors (Lipinski definition) is 5. The van der Waals surface area contributed by atoms with E-state index in [0.717, 1.165) is 18.6 Å². The summed E-state index contributed by atoms with van der Waals surface area (Å²) in [7, 11) is -2.10. The molecule has 1 atom stereocenters. The highest BCUT2D eigenvalue weighted by Crippen LogP contribution is 2.27. The number of nitrogen functional groups attached to an aromatic ring is 1. The molecule has 1 aromatic carbocycles. The van der Waals surface area contributed by atoms with Gasteiger partial charge in [0, 0.05) is 17.5 Å². The van der Waals surface area contributed by atoms with Crippen LogP contribution in [0.3, 0.4) is 0 Å². The fourth-order valence-corrected chi connectivity index (χ4v) is 4.06. The third kappa shape index (κ3) is 3.55. The van der Waals surface area contributed by atoms with E-state index in [4.69, 9.17) is 5.73 Å². The van der Waals surface area contributed by atoms with Crippen molar-refractivity contribution >= 4 is 33.2 Å². The van der Waals surface area contributed by atoms with Gasteiger partial charge in [0.25, 0.3) is 0 Å². The van der Waals surface area contributed by atoms with Crippen molar-refractivity contribution in [2.24, 2.45) is 0 Å². The van der Waals surface area contributed by atoms with Crippen molar-refractivity contribution in [1.29, 1.82) is 0 Å². The smallest absolute Gasteiger partial charge is 0.242 e. The van der Waals surface area contributed by atoms with Crippen LogP contribution in [0.5, 0.6) is 0 Å². The lowest BCUT2D eigenvalue weighted by Crippen LogP contribution is -2.28. The number of nitrogens with two attached hydrogens (primary N) is 1. The van der Waals surface area contributed by atoms with Gasteiger partial charge in [-0.15, -0.1) is 0 Å². The Morgan fingerprint density at radius 3 is 2.84 bits per heavy atom. The first-order valence-electron chi connectivity index (χ1n) is 6.20. The molecular weight excluding hydrogens is 282 g/mol. The lowest BCUT2D eigenvalue weighted by molar-refractivity contribution is 0.588. The van der Waals surface area contributed by atoms with Crippen molar-refractivity contribution in [2.75, 3.05) is 29.6 Å². The monoisotopic (exact) mass is 301 g/mol. The SMILES string of the molecule is CNS(=O)(=O)c1cc(N)ccc1NC1CCCSC1. The van der Waals surface area contributed by atoms with Gasteiger partial charge in [-0.3, -0.25) is 0 Å². The van der Waals surface area contributed by atoms with Crippen LogP contribution in [0.1, 0.15) is 12.8 Å². The van der Waals surface area contributed by atoms with Gasteiger partial charge in [0.05, 0.1) is 5.69 Å². The molecule has 19 heavy (non-hydrogen) atoms. The zero-order chi connectivity index (χ0) is 13.9. The molecule has 0 aromatic heterocycles. The molecule has 0 bridgehead atoms. The van der Waals surface area contributed by atoms with E-state index in [9.17, 15) is 8.42 Å². The summed E-state index contributed by atoms with van der Waals surface area (Å²) in [5.41, 5.74) is 6.75. The molecule has 1 aliphatic rings. The van der Waals surface area contributed by atoms with Gasteiger partial charge >= 0.3 is 0 Å². The molecule has 106 valence electrons. The second-order valence-corrected chi connectivity index (χ2v) is 7.53. The van der Waals surface area contributed by atoms with E-state index in [1.807, 2.05) is 11.8 Å². The van der Waals surface area contributed by atoms with Crippen LogP contribution in [0.15, 0.2) is 23.1 Å². The predicted octanol–water partition coefficient (Wildman–Crippen LogP) is 1.48. The second-order valence-electron chi connectivity index (χ2n) is 4.52. The van der Waals surface area contributed by atoms with Crippen LogP contribution in [-0.4, -0.2) is 33.0 Å². The minimum Gasteiger partial charge on any atom is -0.399 e. The summed E-state index contributed by atoms with van der Waals surface area (Å²) in [5, 5.41) is 3.32. The summed E-state index contributed by atoms with van der Waals surface area (Å²) >= 11 is 1.89. The number of benzene rings is 1. The summed E-state index contributed by atoms with van der Waals surface area (Å²) in [5.74, 6) is 2.19. The largest absolute Gasteiger partial charge is 0.399 e. The Bertz CT molecular complexity index is 540. The van der Waals surface area contributed by atoms with Crippen LogP contribution < -0.4 is 15.8 Å². The van der Waals surface area contributed by atoms with Gasteiger partial charge in [0.2, 0.25) is 10.0 Å². The highest BCUT2D eigenvalue weighted by atomic mass is 32.2. The van der Waals surface area contributed by atoms with E-state index in [0.29, 0.717) is 17.4 Å². The molecule has 0 aliphatic carbocycles. The highest BCUT2D eigenvalue weighted by molar-refractivity contribution is 7.99. The van der Waals surface area contributed by atoms with Crippen LogP contribution >= 0.6 is 11.8 Å². The molecule has 0 amide bonds. The maximum absolute atomic E-state index is 12.0. The lowest BCUT2D eigenvalue weighted by Gasteiger charge is -2.24. The van der Waals surface area contributed by atoms with E-state index in [2.05, 4.69) is 10.0 Å². The minimum atomic E-state index is -3.50. The Morgan fingerprint density at radius 1 is 1.42 bits per heavy atom. The molecule has 1 saturated heterocycles. The number of anilines is 2. The van der Waals surface area contributed by atoms with E-state index >= 15 is 0 Å². The quantitative estimate of drug-likeness (QED) is 0.734. The van der Waals surface area contributed by atoms with Crippen LogP contribution in [0, 0.1) is 0 Å². The Kier molecular flexibility index (Phi) is 4.59. The number of hydrogen-bond donors (Lipinski definition) is 3. The average Bonchev–Trinajstić information content (AvgIpc) is 2.42. The van der Waals surface area contributed by atoms with Gasteiger partial charge in [-0.2, -0.15) is 11.8 Å². The summed E-state index contributed by atoms with van der Waals surface area (Å²) < 4.78 is 26.3. The molecule has 1 aromatic rings. The second kappa shape index (κ2) is 6.02. The maximum Gasteiger partial charge on any atom is 0.242 e. The third-order valence-electron chi connectivity index (χ3n) is 3.08. The van der Waals surface area contributed by atoms with Crippen molar-refractivity contribution in [3.8, 4) is 0 Å². The van der Waals surface area contributed by atoms with Crippen LogP contribution in [0.2, 0.25) is 0 Å². The van der Waals surface area contributed by atoms with Crippen LogP contribution in [-0.2, 0) is 10.0 Å². The highest BCUT2D eigenvalue weighted by Gasteiger charge is 2.20. The molecule has 0 radical (unpaired) electrons. The van der Waals surface area contributed by atoms with Gasteiger partial charge in [0.15, 0.2) is 0 Å². The zero-order valence-electron chi connectivity index (χ0n) is 10.8. The van der Waals surface area contributed by atoms with Crippen molar-refractivity contribution in [1.82, 2.24) is 4.72 Å². The molecule has 1 unspecified atom stereocenters. The Labute approximate surface area is 118 Å². The topological polar surface area (TPSA) is 84.2 Å².